The quantitative estimate of drug-likeness (QED) is 0.474. The van der Waals surface area contributed by atoms with Gasteiger partial charge in [-0.2, -0.15) is 0 Å². The first-order chi connectivity index (χ1) is 14.6. The Labute approximate surface area is 176 Å². The molecule has 0 saturated carbocycles. The van der Waals surface area contributed by atoms with Gasteiger partial charge in [0.15, 0.2) is 0 Å². The van der Waals surface area contributed by atoms with E-state index in [-0.39, 0.29) is 31.8 Å². The first-order valence-corrected chi connectivity index (χ1v) is 10.5. The largest absolute Gasteiger partial charge is 0.394 e. The number of aliphatic hydroxyl groups excluding tert-OH is 3. The number of hydrogen-bond acceptors (Lipinski definition) is 7. The highest BCUT2D eigenvalue weighted by molar-refractivity contribution is 5.68. The summed E-state index contributed by atoms with van der Waals surface area (Å²) in [4.78, 5) is 0. The van der Waals surface area contributed by atoms with E-state index >= 15 is 0 Å². The molecular weight excluding hydrogens is 384 g/mol. The zero-order chi connectivity index (χ0) is 21.1. The van der Waals surface area contributed by atoms with Gasteiger partial charge in [0, 0.05) is 17.8 Å². The summed E-state index contributed by atoms with van der Waals surface area (Å²) in [7, 11) is 0. The van der Waals surface area contributed by atoms with Gasteiger partial charge in [-0.1, -0.05) is 31.2 Å². The fourth-order valence-corrected chi connectivity index (χ4v) is 4.08. The lowest BCUT2D eigenvalue weighted by molar-refractivity contribution is -0.0149. The van der Waals surface area contributed by atoms with Crippen LogP contribution in [-0.2, 0) is 9.47 Å². The summed E-state index contributed by atoms with van der Waals surface area (Å²) < 4.78 is 11.4. The van der Waals surface area contributed by atoms with Gasteiger partial charge in [-0.25, -0.2) is 0 Å². The molecule has 2 heterocycles. The van der Waals surface area contributed by atoms with E-state index in [1.165, 1.54) is 0 Å². The minimum Gasteiger partial charge on any atom is -0.394 e. The maximum atomic E-state index is 9.83. The van der Waals surface area contributed by atoms with Gasteiger partial charge in [0.1, 0.15) is 18.6 Å². The van der Waals surface area contributed by atoms with Crippen LogP contribution >= 0.6 is 0 Å². The van der Waals surface area contributed by atoms with Crippen LogP contribution in [0.25, 0.3) is 11.1 Å². The molecule has 5 N–H and O–H groups in total. The van der Waals surface area contributed by atoms with Crippen molar-refractivity contribution >= 4 is 11.4 Å². The Bertz CT molecular complexity index is 744. The molecule has 2 aliphatic heterocycles. The highest BCUT2D eigenvalue weighted by atomic mass is 16.5. The molecule has 2 aliphatic rings. The SMILES string of the molecule is C[C@H]1C[C@@H](Nc2ccc(-c3ccc(N[C@@H]4C[C@H](O)[C@@H](CO)O4)cc3)cc2)O[C@@H]1CO. The van der Waals surface area contributed by atoms with Crippen molar-refractivity contribution in [2.24, 2.45) is 5.92 Å². The molecule has 162 valence electrons. The summed E-state index contributed by atoms with van der Waals surface area (Å²) in [5.41, 5.74) is 4.09. The van der Waals surface area contributed by atoms with Crippen molar-refractivity contribution in [3.8, 4) is 11.1 Å². The second-order valence-electron chi connectivity index (χ2n) is 8.15. The summed E-state index contributed by atoms with van der Waals surface area (Å²) in [6.07, 6.45) is -0.324. The number of benzene rings is 2. The van der Waals surface area contributed by atoms with Crippen LogP contribution in [0.3, 0.4) is 0 Å². The van der Waals surface area contributed by atoms with E-state index in [2.05, 4.69) is 29.7 Å². The second-order valence-corrected chi connectivity index (χ2v) is 8.15. The molecule has 0 bridgehead atoms. The van der Waals surface area contributed by atoms with Crippen molar-refractivity contribution in [3.05, 3.63) is 48.5 Å². The molecule has 6 atom stereocenters. The molecule has 0 unspecified atom stereocenters. The lowest BCUT2D eigenvalue weighted by Crippen LogP contribution is -2.25. The average Bonchev–Trinajstić information content (AvgIpc) is 3.30. The molecule has 7 nitrogen and oxygen atoms in total. The number of anilines is 2. The molecule has 0 spiro atoms. The van der Waals surface area contributed by atoms with E-state index in [0.717, 1.165) is 28.9 Å². The average molecular weight is 415 g/mol. The maximum absolute atomic E-state index is 9.83. The van der Waals surface area contributed by atoms with Gasteiger partial charge in [-0.3, -0.25) is 0 Å². The van der Waals surface area contributed by atoms with Crippen LogP contribution in [0.4, 0.5) is 11.4 Å². The summed E-state index contributed by atoms with van der Waals surface area (Å²) in [5, 5.41) is 35.0. The van der Waals surface area contributed by atoms with Gasteiger partial charge >= 0.3 is 0 Å². The number of aliphatic hydroxyl groups is 3. The van der Waals surface area contributed by atoms with Crippen LogP contribution in [0, 0.1) is 5.92 Å². The van der Waals surface area contributed by atoms with E-state index < -0.39 is 12.2 Å². The van der Waals surface area contributed by atoms with E-state index in [1.807, 2.05) is 36.4 Å². The van der Waals surface area contributed by atoms with Crippen molar-refractivity contribution in [1.82, 2.24) is 0 Å². The number of ether oxygens (including phenoxy) is 2. The van der Waals surface area contributed by atoms with E-state index in [0.29, 0.717) is 12.3 Å². The van der Waals surface area contributed by atoms with Gasteiger partial charge in [-0.15, -0.1) is 0 Å². The lowest BCUT2D eigenvalue weighted by Gasteiger charge is -2.16. The van der Waals surface area contributed by atoms with Gasteiger partial charge in [0.2, 0.25) is 0 Å². The van der Waals surface area contributed by atoms with Gasteiger partial charge in [-0.05, 0) is 47.7 Å². The molecule has 0 aliphatic carbocycles. The van der Waals surface area contributed by atoms with Crippen LogP contribution < -0.4 is 10.6 Å². The predicted molar refractivity (Wildman–Crippen MR) is 115 cm³/mol. The summed E-state index contributed by atoms with van der Waals surface area (Å²) >= 11 is 0. The summed E-state index contributed by atoms with van der Waals surface area (Å²) in [6.45, 7) is 1.96. The number of hydrogen-bond donors (Lipinski definition) is 5. The van der Waals surface area contributed by atoms with Gasteiger partial charge < -0.3 is 35.4 Å². The Morgan fingerprint density at radius 3 is 1.67 bits per heavy atom. The van der Waals surface area contributed by atoms with Crippen molar-refractivity contribution in [1.29, 1.82) is 0 Å². The minimum absolute atomic E-state index is 0.0542. The van der Waals surface area contributed by atoms with Crippen molar-refractivity contribution in [3.63, 3.8) is 0 Å². The number of rotatable bonds is 7. The van der Waals surface area contributed by atoms with Gasteiger partial charge in [0.25, 0.3) is 0 Å². The fraction of sp³-hybridized carbons (Fsp3) is 0.478. The molecule has 7 heteroatoms. The fourth-order valence-electron chi connectivity index (χ4n) is 4.08. The third-order valence-electron chi connectivity index (χ3n) is 5.90. The Hall–Kier alpha value is -2.16. The molecule has 2 saturated heterocycles. The molecular formula is C23H30N2O5. The third kappa shape index (κ3) is 4.77. The standard InChI is InChI=1S/C23H30N2O5/c1-14-10-22(29-20(14)12-26)24-17-6-2-15(3-7-17)16-4-8-18(9-5-16)25-23-11-19(28)21(13-27)30-23/h2-9,14,19-28H,10-13H2,1H3/t14-,19-,20+,21+,22-,23-/m0/s1. The van der Waals surface area contributed by atoms with Crippen LogP contribution in [0.15, 0.2) is 48.5 Å². The number of nitrogens with one attached hydrogen (secondary N) is 2. The summed E-state index contributed by atoms with van der Waals surface area (Å²) in [5.74, 6) is 0.339. The molecule has 0 radical (unpaired) electrons. The smallest absolute Gasteiger partial charge is 0.130 e. The van der Waals surface area contributed by atoms with Crippen molar-refractivity contribution in [2.45, 2.75) is 50.5 Å². The topological polar surface area (TPSA) is 103 Å². The molecule has 30 heavy (non-hydrogen) atoms. The Balaban J connectivity index is 1.33. The molecule has 2 aromatic carbocycles. The highest BCUT2D eigenvalue weighted by Crippen LogP contribution is 2.29. The molecule has 0 aromatic heterocycles. The van der Waals surface area contributed by atoms with Crippen molar-refractivity contribution < 1.29 is 24.8 Å². The van der Waals surface area contributed by atoms with Crippen LogP contribution in [0.1, 0.15) is 19.8 Å². The normalized spacial score (nSPS) is 31.1. The first kappa shape index (κ1) is 21.1. The second kappa shape index (κ2) is 9.32. The lowest BCUT2D eigenvalue weighted by atomic mass is 10.0. The zero-order valence-electron chi connectivity index (χ0n) is 17.1. The zero-order valence-corrected chi connectivity index (χ0v) is 17.1. The monoisotopic (exact) mass is 414 g/mol. The van der Waals surface area contributed by atoms with E-state index in [4.69, 9.17) is 9.47 Å². The van der Waals surface area contributed by atoms with E-state index in [9.17, 15) is 15.3 Å². The highest BCUT2D eigenvalue weighted by Gasteiger charge is 2.33. The molecule has 2 fully saturated rings. The Kier molecular flexibility index (Phi) is 6.55. The van der Waals surface area contributed by atoms with Crippen LogP contribution in [0.2, 0.25) is 0 Å². The van der Waals surface area contributed by atoms with Crippen molar-refractivity contribution in [2.75, 3.05) is 23.8 Å². The Morgan fingerprint density at radius 1 is 0.767 bits per heavy atom. The summed E-state index contributed by atoms with van der Waals surface area (Å²) in [6, 6.07) is 16.2. The molecule has 0 amide bonds. The third-order valence-corrected chi connectivity index (χ3v) is 5.90. The van der Waals surface area contributed by atoms with Gasteiger partial charge in [0.05, 0.1) is 25.4 Å². The van der Waals surface area contributed by atoms with E-state index in [1.54, 1.807) is 0 Å². The first-order valence-electron chi connectivity index (χ1n) is 10.5. The molecule has 4 rings (SSSR count). The molecule has 2 aromatic rings. The van der Waals surface area contributed by atoms with Crippen LogP contribution in [0.5, 0.6) is 0 Å². The predicted octanol–water partition coefficient (Wildman–Crippen LogP) is 2.39. The minimum atomic E-state index is -0.647. The van der Waals surface area contributed by atoms with Crippen LogP contribution in [-0.4, -0.2) is 59.3 Å². The maximum Gasteiger partial charge on any atom is 0.130 e. The Morgan fingerprint density at radius 2 is 1.23 bits per heavy atom.